The van der Waals surface area contributed by atoms with Gasteiger partial charge in [-0.25, -0.2) is 4.98 Å². The Morgan fingerprint density at radius 3 is 2.72 bits per heavy atom. The maximum Gasteiger partial charge on any atom is 0.411 e. The monoisotopic (exact) mass is 259 g/mol. The molecule has 98 valence electrons. The lowest BCUT2D eigenvalue weighted by molar-refractivity contribution is -0.174. The van der Waals surface area contributed by atoms with E-state index < -0.39 is 12.8 Å². The van der Waals surface area contributed by atoms with Gasteiger partial charge in [-0.2, -0.15) is 13.2 Å². The van der Waals surface area contributed by atoms with Crippen LogP contribution in [0.4, 0.5) is 19.1 Å². The van der Waals surface area contributed by atoms with Crippen molar-refractivity contribution in [3.05, 3.63) is 24.3 Å². The van der Waals surface area contributed by atoms with Crippen LogP contribution in [-0.2, 0) is 11.3 Å². The van der Waals surface area contributed by atoms with Gasteiger partial charge in [0.05, 0.1) is 17.6 Å². The lowest BCUT2D eigenvalue weighted by atomic mass is 10.3. The van der Waals surface area contributed by atoms with Crippen LogP contribution in [0.15, 0.2) is 24.3 Å². The lowest BCUT2D eigenvalue weighted by Crippen LogP contribution is -2.19. The molecule has 2 rings (SSSR count). The van der Waals surface area contributed by atoms with Gasteiger partial charge in [0, 0.05) is 6.54 Å². The van der Waals surface area contributed by atoms with Gasteiger partial charge in [0.25, 0.3) is 0 Å². The Hall–Kier alpha value is -1.76. The molecule has 1 aromatic carbocycles. The zero-order valence-corrected chi connectivity index (χ0v) is 9.44. The average molecular weight is 259 g/mol. The Morgan fingerprint density at radius 1 is 1.28 bits per heavy atom. The van der Waals surface area contributed by atoms with Gasteiger partial charge in [-0.15, -0.1) is 0 Å². The van der Waals surface area contributed by atoms with Crippen molar-refractivity contribution in [2.75, 3.05) is 18.9 Å². The van der Waals surface area contributed by atoms with Crippen molar-refractivity contribution in [1.82, 2.24) is 9.55 Å². The van der Waals surface area contributed by atoms with E-state index in [1.165, 1.54) is 0 Å². The summed E-state index contributed by atoms with van der Waals surface area (Å²) in [4.78, 5) is 4.10. The number of aromatic nitrogens is 2. The number of halogens is 3. The van der Waals surface area contributed by atoms with Crippen LogP contribution in [0.5, 0.6) is 0 Å². The number of alkyl halides is 3. The van der Waals surface area contributed by atoms with E-state index in [-0.39, 0.29) is 19.1 Å². The molecule has 0 aliphatic rings. The van der Waals surface area contributed by atoms with E-state index in [1.807, 2.05) is 18.2 Å². The Kier molecular flexibility index (Phi) is 3.42. The number of fused-ring (bicyclic) bond motifs is 1. The highest BCUT2D eigenvalue weighted by Gasteiger charge is 2.27. The van der Waals surface area contributed by atoms with Gasteiger partial charge < -0.3 is 15.0 Å². The fourth-order valence-electron chi connectivity index (χ4n) is 1.67. The van der Waals surface area contributed by atoms with Crippen molar-refractivity contribution < 1.29 is 17.9 Å². The van der Waals surface area contributed by atoms with Gasteiger partial charge >= 0.3 is 6.18 Å². The number of nitrogens with two attached hydrogens (primary N) is 1. The van der Waals surface area contributed by atoms with E-state index in [9.17, 15) is 13.2 Å². The summed E-state index contributed by atoms with van der Waals surface area (Å²) in [7, 11) is 0. The van der Waals surface area contributed by atoms with Crippen LogP contribution in [-0.4, -0.2) is 28.9 Å². The first kappa shape index (κ1) is 12.7. The number of imidazole rings is 1. The quantitative estimate of drug-likeness (QED) is 0.856. The van der Waals surface area contributed by atoms with Gasteiger partial charge in [-0.3, -0.25) is 0 Å². The summed E-state index contributed by atoms with van der Waals surface area (Å²) < 4.78 is 41.8. The summed E-state index contributed by atoms with van der Waals surface area (Å²) in [5.41, 5.74) is 7.19. The van der Waals surface area contributed by atoms with Crippen molar-refractivity contribution in [3.8, 4) is 0 Å². The molecular formula is C11H12F3N3O. The molecule has 2 N–H and O–H groups in total. The lowest BCUT2D eigenvalue weighted by Gasteiger charge is -2.09. The number of ether oxygens (including phenoxy) is 1. The first-order valence-electron chi connectivity index (χ1n) is 5.32. The summed E-state index contributed by atoms with van der Waals surface area (Å²) in [5.74, 6) is 0.270. The van der Waals surface area contributed by atoms with E-state index in [1.54, 1.807) is 10.6 Å². The number of benzene rings is 1. The van der Waals surface area contributed by atoms with Crippen LogP contribution < -0.4 is 5.73 Å². The molecule has 0 spiro atoms. The SMILES string of the molecule is Nc1nc2ccccc2n1CCOCC(F)(F)F. The second-order valence-electron chi connectivity index (χ2n) is 3.78. The number of nitrogens with zero attached hydrogens (tertiary/aromatic N) is 2. The first-order valence-corrected chi connectivity index (χ1v) is 5.32. The minimum atomic E-state index is -4.30. The number of hydrogen-bond donors (Lipinski definition) is 1. The Balaban J connectivity index is 2.01. The van der Waals surface area contributed by atoms with E-state index in [4.69, 9.17) is 5.73 Å². The van der Waals surface area contributed by atoms with Crippen LogP contribution in [0.25, 0.3) is 11.0 Å². The van der Waals surface area contributed by atoms with E-state index in [2.05, 4.69) is 9.72 Å². The number of rotatable bonds is 4. The van der Waals surface area contributed by atoms with E-state index in [0.29, 0.717) is 5.52 Å². The predicted octanol–water partition coefficient (Wildman–Crippen LogP) is 2.20. The van der Waals surface area contributed by atoms with Gasteiger partial charge in [0.2, 0.25) is 5.95 Å². The zero-order valence-electron chi connectivity index (χ0n) is 9.44. The highest BCUT2D eigenvalue weighted by atomic mass is 19.4. The smallest absolute Gasteiger partial charge is 0.370 e. The van der Waals surface area contributed by atoms with E-state index >= 15 is 0 Å². The average Bonchev–Trinajstić information content (AvgIpc) is 2.59. The first-order chi connectivity index (χ1) is 8.47. The summed E-state index contributed by atoms with van der Waals surface area (Å²) in [6.45, 7) is -1.08. The fourth-order valence-corrected chi connectivity index (χ4v) is 1.67. The van der Waals surface area contributed by atoms with Gasteiger partial charge in [-0.05, 0) is 12.1 Å². The Labute approximate surface area is 101 Å². The zero-order chi connectivity index (χ0) is 13.2. The summed E-state index contributed by atoms with van der Waals surface area (Å²) in [6, 6.07) is 7.23. The second-order valence-corrected chi connectivity index (χ2v) is 3.78. The summed E-state index contributed by atoms with van der Waals surface area (Å²) >= 11 is 0. The molecule has 0 aliphatic carbocycles. The Morgan fingerprint density at radius 2 is 2.00 bits per heavy atom. The molecule has 4 nitrogen and oxygen atoms in total. The highest BCUT2D eigenvalue weighted by molar-refractivity contribution is 5.78. The Bertz CT molecular complexity index is 536. The molecule has 0 fully saturated rings. The fraction of sp³-hybridized carbons (Fsp3) is 0.364. The van der Waals surface area contributed by atoms with Crippen molar-refractivity contribution in [1.29, 1.82) is 0 Å². The second kappa shape index (κ2) is 4.85. The van der Waals surface area contributed by atoms with Crippen molar-refractivity contribution in [2.24, 2.45) is 0 Å². The van der Waals surface area contributed by atoms with Crippen LogP contribution in [0.2, 0.25) is 0 Å². The maximum absolute atomic E-state index is 11.9. The van der Waals surface area contributed by atoms with E-state index in [0.717, 1.165) is 5.52 Å². The third kappa shape index (κ3) is 2.92. The number of anilines is 1. The molecule has 0 atom stereocenters. The third-order valence-electron chi connectivity index (χ3n) is 2.41. The van der Waals surface area contributed by atoms with Crippen molar-refractivity contribution in [2.45, 2.75) is 12.7 Å². The molecule has 18 heavy (non-hydrogen) atoms. The molecule has 0 amide bonds. The molecule has 0 radical (unpaired) electrons. The standard InChI is InChI=1S/C11H12F3N3O/c12-11(13,14)7-18-6-5-17-9-4-2-1-3-8(9)16-10(17)15/h1-4H,5-7H2,(H2,15,16). The number of para-hydroxylation sites is 2. The van der Waals surface area contributed by atoms with Gasteiger partial charge in [-0.1, -0.05) is 12.1 Å². The summed E-state index contributed by atoms with van der Waals surface area (Å²) in [6.07, 6.45) is -4.30. The van der Waals surface area contributed by atoms with Gasteiger partial charge in [0.15, 0.2) is 0 Å². The van der Waals surface area contributed by atoms with Crippen LogP contribution in [0.1, 0.15) is 0 Å². The maximum atomic E-state index is 11.9. The molecule has 0 unspecified atom stereocenters. The van der Waals surface area contributed by atoms with Crippen molar-refractivity contribution in [3.63, 3.8) is 0 Å². The third-order valence-corrected chi connectivity index (χ3v) is 2.41. The molecule has 1 aromatic heterocycles. The highest BCUT2D eigenvalue weighted by Crippen LogP contribution is 2.18. The van der Waals surface area contributed by atoms with Crippen LogP contribution in [0.3, 0.4) is 0 Å². The largest absolute Gasteiger partial charge is 0.411 e. The number of hydrogen-bond acceptors (Lipinski definition) is 3. The molecule has 1 heterocycles. The van der Waals surface area contributed by atoms with Crippen LogP contribution >= 0.6 is 0 Å². The van der Waals surface area contributed by atoms with Crippen LogP contribution in [0, 0.1) is 0 Å². The predicted molar refractivity (Wildman–Crippen MR) is 61.0 cm³/mol. The molecule has 0 saturated carbocycles. The minimum Gasteiger partial charge on any atom is -0.370 e. The topological polar surface area (TPSA) is 53.1 Å². The molecule has 0 saturated heterocycles. The summed E-state index contributed by atoms with van der Waals surface area (Å²) in [5, 5.41) is 0. The normalized spacial score (nSPS) is 12.2. The molecule has 0 aliphatic heterocycles. The van der Waals surface area contributed by atoms with Gasteiger partial charge in [0.1, 0.15) is 6.61 Å². The minimum absolute atomic E-state index is 0.0654. The molecular weight excluding hydrogens is 247 g/mol. The van der Waals surface area contributed by atoms with Crippen molar-refractivity contribution >= 4 is 17.0 Å². The molecule has 0 bridgehead atoms. The molecule has 2 aromatic rings. The molecule has 7 heteroatoms. The number of nitrogen functional groups attached to an aromatic ring is 1.